The van der Waals surface area contributed by atoms with Gasteiger partial charge in [-0.1, -0.05) is 6.92 Å². The topological polar surface area (TPSA) is 68.8 Å². The van der Waals surface area contributed by atoms with Crippen molar-refractivity contribution in [2.75, 3.05) is 0 Å². The van der Waals surface area contributed by atoms with Crippen LogP contribution in [0.25, 0.3) is 0 Å². The maximum atomic E-state index is 9.60. The summed E-state index contributed by atoms with van der Waals surface area (Å²) in [5, 5.41) is 7.91. The van der Waals surface area contributed by atoms with Crippen LogP contribution < -0.4 is 0 Å². The minimum absolute atomic E-state index is 0. The molecule has 4 heteroatoms. The number of carboxylic acid groups (broad SMARTS) is 1. The molecular weight excluding hydrogens is 105 g/mol. The summed E-state index contributed by atoms with van der Waals surface area (Å²) in [7, 11) is 0. The van der Waals surface area contributed by atoms with E-state index in [1.807, 2.05) is 6.92 Å². The SMILES string of the molecule is CCCC(=O)O.O.[BeH2]. The average molecular weight is 117 g/mol. The zero-order valence-electron chi connectivity index (χ0n) is 4.27. The maximum absolute atomic E-state index is 9.60. The molecule has 0 saturated heterocycles. The molecule has 0 fully saturated rings. The summed E-state index contributed by atoms with van der Waals surface area (Å²) in [4.78, 5) is 9.60. The fraction of sp³-hybridized carbons (Fsp3) is 0.750. The second-order valence-electron chi connectivity index (χ2n) is 1.14. The Kier molecular flexibility index (Phi) is 19.1. The standard InChI is InChI=1S/C4H8O2.Be.H2O.2H/c1-2-3-4(5)6;;;;/h2-3H2,1H3,(H,5,6);;1H2;;. The van der Waals surface area contributed by atoms with Gasteiger partial charge in [-0.05, 0) is 6.42 Å². The Hall–Kier alpha value is -0.401. The summed E-state index contributed by atoms with van der Waals surface area (Å²) >= 11 is 0. The first-order chi connectivity index (χ1) is 2.77. The molecule has 0 spiro atoms. The molecule has 0 unspecified atom stereocenters. The predicted octanol–water partition coefficient (Wildman–Crippen LogP) is -0.870. The van der Waals surface area contributed by atoms with E-state index < -0.39 is 5.97 Å². The van der Waals surface area contributed by atoms with Gasteiger partial charge in [0.2, 0.25) is 0 Å². The van der Waals surface area contributed by atoms with E-state index in [1.165, 1.54) is 0 Å². The summed E-state index contributed by atoms with van der Waals surface area (Å²) in [6.07, 6.45) is 1.02. The van der Waals surface area contributed by atoms with Crippen molar-refractivity contribution in [2.24, 2.45) is 0 Å². The first-order valence-electron chi connectivity index (χ1n) is 1.99. The van der Waals surface area contributed by atoms with Crippen molar-refractivity contribution < 1.29 is 15.4 Å². The molecule has 0 aromatic carbocycles. The van der Waals surface area contributed by atoms with Gasteiger partial charge in [-0.25, -0.2) is 0 Å². The fourth-order valence-corrected chi connectivity index (χ4v) is 0.214. The normalized spacial score (nSPS) is 6.12. The van der Waals surface area contributed by atoms with Gasteiger partial charge in [-0.3, -0.25) is 4.79 Å². The monoisotopic (exact) mass is 117 g/mol. The van der Waals surface area contributed by atoms with Gasteiger partial charge in [0.25, 0.3) is 0 Å². The second kappa shape index (κ2) is 9.78. The van der Waals surface area contributed by atoms with E-state index in [4.69, 9.17) is 5.11 Å². The van der Waals surface area contributed by atoms with E-state index in [9.17, 15) is 4.79 Å². The van der Waals surface area contributed by atoms with Crippen LogP contribution in [0.15, 0.2) is 0 Å². The van der Waals surface area contributed by atoms with Crippen molar-refractivity contribution in [3.8, 4) is 0 Å². The molecule has 0 aliphatic rings. The van der Waals surface area contributed by atoms with E-state index in [0.29, 0.717) is 6.42 Å². The Bertz CT molecular complexity index is 55.2. The molecule has 0 aliphatic carbocycles. The van der Waals surface area contributed by atoms with Gasteiger partial charge in [-0.2, -0.15) is 0 Å². The summed E-state index contributed by atoms with van der Waals surface area (Å²) in [5.74, 6) is -0.711. The van der Waals surface area contributed by atoms with Gasteiger partial charge in [-0.15, -0.1) is 0 Å². The van der Waals surface area contributed by atoms with Crippen LogP contribution in [-0.2, 0) is 4.79 Å². The van der Waals surface area contributed by atoms with Gasteiger partial charge >= 0.3 is 16.1 Å². The van der Waals surface area contributed by atoms with E-state index in [-0.39, 0.29) is 15.6 Å². The van der Waals surface area contributed by atoms with Gasteiger partial charge in [0, 0.05) is 6.42 Å². The van der Waals surface area contributed by atoms with E-state index >= 15 is 0 Å². The number of carbonyl (C=O) groups is 1. The fourth-order valence-electron chi connectivity index (χ4n) is 0.214. The van der Waals surface area contributed by atoms with E-state index in [1.54, 1.807) is 0 Å². The molecule has 0 bridgehead atoms. The molecule has 3 N–H and O–H groups in total. The van der Waals surface area contributed by atoms with Gasteiger partial charge in [0.05, 0.1) is 0 Å². The van der Waals surface area contributed by atoms with Gasteiger partial charge in [0.15, 0.2) is 0 Å². The number of carboxylic acids is 1. The average Bonchev–Trinajstić information content (AvgIpc) is 1.35. The first kappa shape index (κ1) is 15.6. The Morgan fingerprint density at radius 1 is 1.62 bits per heavy atom. The van der Waals surface area contributed by atoms with Crippen LogP contribution in [0.3, 0.4) is 0 Å². The van der Waals surface area contributed by atoms with E-state index in [0.717, 1.165) is 6.42 Å². The van der Waals surface area contributed by atoms with Crippen molar-refractivity contribution in [3.05, 3.63) is 0 Å². The number of rotatable bonds is 2. The summed E-state index contributed by atoms with van der Waals surface area (Å²) < 4.78 is 0. The molecule has 0 radical (unpaired) electrons. The molecule has 8 heavy (non-hydrogen) atoms. The van der Waals surface area contributed by atoms with Crippen LogP contribution in [-0.4, -0.2) is 26.7 Å². The molecule has 0 amide bonds. The molecule has 0 aromatic rings. The number of hydrogen-bond acceptors (Lipinski definition) is 1. The molecule has 0 rings (SSSR count). The third kappa shape index (κ3) is 17.5. The first-order valence-corrected chi connectivity index (χ1v) is 1.99. The predicted molar refractivity (Wildman–Crippen MR) is 34.7 cm³/mol. The molecule has 0 saturated carbocycles. The van der Waals surface area contributed by atoms with E-state index in [2.05, 4.69) is 0 Å². The molecular formula is C4H12BeO3. The third-order valence-electron chi connectivity index (χ3n) is 0.464. The van der Waals surface area contributed by atoms with Crippen molar-refractivity contribution >= 4 is 16.1 Å². The molecule has 48 valence electrons. The Morgan fingerprint density at radius 2 is 2.00 bits per heavy atom. The Morgan fingerprint density at radius 3 is 2.00 bits per heavy atom. The zero-order valence-corrected chi connectivity index (χ0v) is 4.27. The quantitative estimate of drug-likeness (QED) is 0.478. The van der Waals surface area contributed by atoms with Crippen molar-refractivity contribution in [2.45, 2.75) is 19.8 Å². The Balaban J connectivity index is -0.000000125. The van der Waals surface area contributed by atoms with Crippen LogP contribution in [0, 0.1) is 0 Å². The molecule has 0 heterocycles. The minimum atomic E-state index is -0.711. The third-order valence-corrected chi connectivity index (χ3v) is 0.464. The summed E-state index contributed by atoms with van der Waals surface area (Å²) in [6, 6.07) is 0. The molecule has 0 aromatic heterocycles. The second-order valence-corrected chi connectivity index (χ2v) is 1.14. The number of hydrogen-bond donors (Lipinski definition) is 1. The number of aliphatic carboxylic acids is 1. The Labute approximate surface area is 52.2 Å². The van der Waals surface area contributed by atoms with Gasteiger partial charge < -0.3 is 10.6 Å². The summed E-state index contributed by atoms with van der Waals surface area (Å²) in [5.41, 5.74) is 0. The van der Waals surface area contributed by atoms with Crippen LogP contribution in [0.4, 0.5) is 0 Å². The van der Waals surface area contributed by atoms with Crippen LogP contribution >= 0.6 is 0 Å². The van der Waals surface area contributed by atoms with Crippen LogP contribution in [0.5, 0.6) is 0 Å². The summed E-state index contributed by atoms with van der Waals surface area (Å²) in [6.45, 7) is 1.84. The van der Waals surface area contributed by atoms with Gasteiger partial charge in [0.1, 0.15) is 0 Å². The van der Waals surface area contributed by atoms with Crippen molar-refractivity contribution in [1.82, 2.24) is 0 Å². The van der Waals surface area contributed by atoms with Crippen LogP contribution in [0.2, 0.25) is 0 Å². The molecule has 3 nitrogen and oxygen atoms in total. The zero-order chi connectivity index (χ0) is 4.99. The van der Waals surface area contributed by atoms with Crippen molar-refractivity contribution in [1.29, 1.82) is 0 Å². The van der Waals surface area contributed by atoms with Crippen molar-refractivity contribution in [3.63, 3.8) is 0 Å². The van der Waals surface area contributed by atoms with Crippen LogP contribution in [0.1, 0.15) is 19.8 Å². The molecule has 0 aliphatic heterocycles. The molecule has 0 atom stereocenters.